The summed E-state index contributed by atoms with van der Waals surface area (Å²) in [6.07, 6.45) is 4.91. The summed E-state index contributed by atoms with van der Waals surface area (Å²) in [4.78, 5) is 15.1. The lowest BCUT2D eigenvalue weighted by Gasteiger charge is -2.33. The number of nitrogens with one attached hydrogen (secondary N) is 1. The van der Waals surface area contributed by atoms with Gasteiger partial charge < -0.3 is 15.0 Å². The number of hydrogen-bond donors (Lipinski definition) is 1. The molecule has 0 bridgehead atoms. The molecule has 0 spiro atoms. The van der Waals surface area contributed by atoms with Crippen molar-refractivity contribution < 1.29 is 9.53 Å². The molecular weight excluding hydrogens is 312 g/mol. The van der Waals surface area contributed by atoms with E-state index in [2.05, 4.69) is 17.1 Å². The van der Waals surface area contributed by atoms with Crippen LogP contribution in [0.5, 0.6) is 5.75 Å². The van der Waals surface area contributed by atoms with Crippen LogP contribution >= 0.6 is 0 Å². The third-order valence-electron chi connectivity index (χ3n) is 5.16. The lowest BCUT2D eigenvalue weighted by Crippen LogP contribution is -2.39. The molecule has 0 aliphatic carbocycles. The molecule has 2 aromatic carbocycles. The number of likely N-dealkylation sites (tertiary alicyclic amines) is 1. The highest BCUT2D eigenvalue weighted by molar-refractivity contribution is 6.01. The Labute approximate surface area is 150 Å². The average molecular weight is 340 g/mol. The molecule has 0 unspecified atom stereocenters. The highest BCUT2D eigenvalue weighted by atomic mass is 16.5. The van der Waals surface area contributed by atoms with E-state index in [-0.39, 0.29) is 5.91 Å². The van der Waals surface area contributed by atoms with Crippen molar-refractivity contribution in [3.63, 3.8) is 0 Å². The Hall–Kier alpha value is -2.07. The molecule has 134 valence electrons. The zero-order chi connectivity index (χ0) is 17.6. The minimum atomic E-state index is -0.0608. The van der Waals surface area contributed by atoms with Gasteiger partial charge in [-0.15, -0.1) is 0 Å². The van der Waals surface area contributed by atoms with Gasteiger partial charge in [0.2, 0.25) is 0 Å². The lowest BCUT2D eigenvalue weighted by atomic mass is 10.0. The van der Waals surface area contributed by atoms with Crippen molar-refractivity contribution in [2.45, 2.75) is 38.6 Å². The SMILES string of the molecule is COc1cc2ccccc2cc1C(=O)NCCCN1CCCC[C@H]1C. The van der Waals surface area contributed by atoms with Gasteiger partial charge in [-0.3, -0.25) is 4.79 Å². The van der Waals surface area contributed by atoms with E-state index in [1.54, 1.807) is 7.11 Å². The molecule has 25 heavy (non-hydrogen) atoms. The van der Waals surface area contributed by atoms with Crippen LogP contribution < -0.4 is 10.1 Å². The smallest absolute Gasteiger partial charge is 0.255 e. The predicted molar refractivity (Wildman–Crippen MR) is 102 cm³/mol. The van der Waals surface area contributed by atoms with Crippen LogP contribution in [-0.4, -0.2) is 43.6 Å². The molecule has 1 atom stereocenters. The van der Waals surface area contributed by atoms with Gasteiger partial charge in [-0.2, -0.15) is 0 Å². The van der Waals surface area contributed by atoms with E-state index in [9.17, 15) is 4.79 Å². The largest absolute Gasteiger partial charge is 0.496 e. The minimum Gasteiger partial charge on any atom is -0.496 e. The molecule has 0 radical (unpaired) electrons. The van der Waals surface area contributed by atoms with E-state index in [0.717, 1.165) is 23.7 Å². The summed E-state index contributed by atoms with van der Waals surface area (Å²) in [6, 6.07) is 12.5. The number of ether oxygens (including phenoxy) is 1. The van der Waals surface area contributed by atoms with Crippen LogP contribution in [0.15, 0.2) is 36.4 Å². The molecule has 0 aromatic heterocycles. The zero-order valence-corrected chi connectivity index (χ0v) is 15.3. The first-order chi connectivity index (χ1) is 12.2. The van der Waals surface area contributed by atoms with E-state index in [0.29, 0.717) is 23.9 Å². The number of piperidine rings is 1. The van der Waals surface area contributed by atoms with Gasteiger partial charge in [-0.1, -0.05) is 30.7 Å². The first kappa shape index (κ1) is 17.7. The summed E-state index contributed by atoms with van der Waals surface area (Å²) in [5, 5.41) is 5.18. The van der Waals surface area contributed by atoms with Crippen LogP contribution in [0.3, 0.4) is 0 Å². The fourth-order valence-corrected chi connectivity index (χ4v) is 3.63. The summed E-state index contributed by atoms with van der Waals surface area (Å²) >= 11 is 0. The summed E-state index contributed by atoms with van der Waals surface area (Å²) in [5.74, 6) is 0.565. The molecule has 0 saturated carbocycles. The van der Waals surface area contributed by atoms with E-state index in [1.165, 1.54) is 25.8 Å². The summed E-state index contributed by atoms with van der Waals surface area (Å²) in [7, 11) is 1.61. The molecule has 4 nitrogen and oxygen atoms in total. The van der Waals surface area contributed by atoms with Crippen molar-refractivity contribution >= 4 is 16.7 Å². The number of hydrogen-bond acceptors (Lipinski definition) is 3. The summed E-state index contributed by atoms with van der Waals surface area (Å²) in [5.41, 5.74) is 0.604. The van der Waals surface area contributed by atoms with E-state index < -0.39 is 0 Å². The van der Waals surface area contributed by atoms with Crippen LogP contribution in [-0.2, 0) is 0 Å². The van der Waals surface area contributed by atoms with Gasteiger partial charge in [-0.05, 0) is 55.6 Å². The topological polar surface area (TPSA) is 41.6 Å². The van der Waals surface area contributed by atoms with Crippen molar-refractivity contribution in [2.75, 3.05) is 26.7 Å². The molecule has 4 heteroatoms. The number of rotatable bonds is 6. The van der Waals surface area contributed by atoms with Gasteiger partial charge >= 0.3 is 0 Å². The fraction of sp³-hybridized carbons (Fsp3) is 0.476. The monoisotopic (exact) mass is 340 g/mol. The van der Waals surface area contributed by atoms with Crippen molar-refractivity contribution in [2.24, 2.45) is 0 Å². The summed E-state index contributed by atoms with van der Waals surface area (Å²) < 4.78 is 5.42. The molecule has 1 aliphatic heterocycles. The first-order valence-electron chi connectivity index (χ1n) is 9.28. The highest BCUT2D eigenvalue weighted by Gasteiger charge is 2.18. The molecule has 1 amide bonds. The van der Waals surface area contributed by atoms with Crippen molar-refractivity contribution in [3.8, 4) is 5.75 Å². The zero-order valence-electron chi connectivity index (χ0n) is 15.3. The minimum absolute atomic E-state index is 0.0608. The average Bonchev–Trinajstić information content (AvgIpc) is 2.65. The normalized spacial score (nSPS) is 18.2. The van der Waals surface area contributed by atoms with E-state index in [4.69, 9.17) is 4.74 Å². The first-order valence-corrected chi connectivity index (χ1v) is 9.28. The second-order valence-corrected chi connectivity index (χ2v) is 6.89. The quantitative estimate of drug-likeness (QED) is 0.812. The molecule has 1 N–H and O–H groups in total. The van der Waals surface area contributed by atoms with Crippen LogP contribution in [0.4, 0.5) is 0 Å². The second kappa shape index (κ2) is 8.34. The van der Waals surface area contributed by atoms with Crippen molar-refractivity contribution in [1.82, 2.24) is 10.2 Å². The Kier molecular flexibility index (Phi) is 5.92. The van der Waals surface area contributed by atoms with Crippen LogP contribution in [0, 0.1) is 0 Å². The van der Waals surface area contributed by atoms with E-state index in [1.807, 2.05) is 36.4 Å². The van der Waals surface area contributed by atoms with Gasteiger partial charge in [0.15, 0.2) is 0 Å². The maximum Gasteiger partial charge on any atom is 0.255 e. The standard InChI is InChI=1S/C21H28N2O2/c1-16-8-5-6-12-23(16)13-7-11-22-21(24)19-14-17-9-3-4-10-18(17)15-20(19)25-2/h3-4,9-10,14-16H,5-8,11-13H2,1-2H3,(H,22,24)/t16-/m1/s1. The number of benzene rings is 2. The van der Waals surface area contributed by atoms with Gasteiger partial charge in [-0.25, -0.2) is 0 Å². The molecular formula is C21H28N2O2. The Morgan fingerprint density at radius 1 is 1.24 bits per heavy atom. The second-order valence-electron chi connectivity index (χ2n) is 6.89. The lowest BCUT2D eigenvalue weighted by molar-refractivity contribution is 0.0946. The van der Waals surface area contributed by atoms with Crippen LogP contribution in [0.25, 0.3) is 10.8 Å². The third kappa shape index (κ3) is 4.31. The number of nitrogens with zero attached hydrogens (tertiary/aromatic N) is 1. The third-order valence-corrected chi connectivity index (χ3v) is 5.16. The van der Waals surface area contributed by atoms with Gasteiger partial charge in [0, 0.05) is 19.1 Å². The van der Waals surface area contributed by atoms with Crippen LogP contribution in [0.1, 0.15) is 43.0 Å². The molecule has 1 saturated heterocycles. The number of amides is 1. The molecule has 1 fully saturated rings. The Bertz CT molecular complexity index is 729. The maximum atomic E-state index is 12.6. The van der Waals surface area contributed by atoms with Gasteiger partial charge in [0.1, 0.15) is 5.75 Å². The van der Waals surface area contributed by atoms with Gasteiger partial charge in [0.05, 0.1) is 12.7 Å². The number of methoxy groups -OCH3 is 1. The Morgan fingerprint density at radius 3 is 2.72 bits per heavy atom. The summed E-state index contributed by atoms with van der Waals surface area (Å²) in [6.45, 7) is 5.24. The number of fused-ring (bicyclic) bond motifs is 1. The van der Waals surface area contributed by atoms with E-state index >= 15 is 0 Å². The highest BCUT2D eigenvalue weighted by Crippen LogP contribution is 2.25. The maximum absolute atomic E-state index is 12.6. The van der Waals surface area contributed by atoms with Crippen molar-refractivity contribution in [1.29, 1.82) is 0 Å². The van der Waals surface area contributed by atoms with Crippen molar-refractivity contribution in [3.05, 3.63) is 42.0 Å². The Balaban J connectivity index is 1.58. The Morgan fingerprint density at radius 2 is 2.00 bits per heavy atom. The molecule has 2 aromatic rings. The molecule has 3 rings (SSSR count). The van der Waals surface area contributed by atoms with Crippen LogP contribution in [0.2, 0.25) is 0 Å². The predicted octanol–water partition coefficient (Wildman–Crippen LogP) is 3.84. The number of carbonyl (C=O) groups is 1. The van der Waals surface area contributed by atoms with Gasteiger partial charge in [0.25, 0.3) is 5.91 Å². The molecule has 1 heterocycles. The molecule has 1 aliphatic rings. The fourth-order valence-electron chi connectivity index (χ4n) is 3.63. The number of carbonyl (C=O) groups excluding carboxylic acids is 1.